The molecule has 0 bridgehead atoms. The van der Waals surface area contributed by atoms with Crippen molar-refractivity contribution in [1.82, 2.24) is 18.8 Å². The first-order chi connectivity index (χ1) is 14.0. The van der Waals surface area contributed by atoms with Crippen LogP contribution in [0.15, 0.2) is 47.5 Å². The molecule has 5 rings (SSSR count). The van der Waals surface area contributed by atoms with Crippen LogP contribution in [0.2, 0.25) is 0 Å². The van der Waals surface area contributed by atoms with Crippen LogP contribution < -0.4 is 0 Å². The molecule has 2 aromatic heterocycles. The van der Waals surface area contributed by atoms with E-state index in [1.807, 2.05) is 37.4 Å². The second kappa shape index (κ2) is 7.22. The van der Waals surface area contributed by atoms with E-state index in [-0.39, 0.29) is 5.92 Å². The number of aryl methyl sites for hydroxylation is 1. The van der Waals surface area contributed by atoms with Gasteiger partial charge < -0.3 is 4.57 Å². The fraction of sp³-hybridized carbons (Fsp3) is 0.455. The lowest BCUT2D eigenvalue weighted by Crippen LogP contribution is -2.41. The molecule has 3 aromatic rings. The Morgan fingerprint density at radius 2 is 1.90 bits per heavy atom. The predicted octanol–water partition coefficient (Wildman–Crippen LogP) is 3.72. The number of aromatic nitrogens is 3. The summed E-state index contributed by atoms with van der Waals surface area (Å²) in [6.45, 7) is 3.88. The standard InChI is InChI=1S/C22H26N4O2S/c1-16-6-10-19(11-7-16)29(27,28)25-13-3-4-17(14-25)15-26-21(18-8-9-18)24-20-5-2-12-23-22(20)26/h2,5-7,10-12,17-18H,3-4,8-9,13-15H2,1H3. The van der Waals surface area contributed by atoms with Gasteiger partial charge in [-0.1, -0.05) is 17.7 Å². The molecule has 1 aliphatic heterocycles. The lowest BCUT2D eigenvalue weighted by atomic mass is 9.99. The van der Waals surface area contributed by atoms with Gasteiger partial charge in [-0.2, -0.15) is 4.31 Å². The van der Waals surface area contributed by atoms with Gasteiger partial charge in [0.25, 0.3) is 0 Å². The zero-order valence-electron chi connectivity index (χ0n) is 16.7. The lowest BCUT2D eigenvalue weighted by Gasteiger charge is -2.32. The summed E-state index contributed by atoms with van der Waals surface area (Å²) in [7, 11) is -3.45. The SMILES string of the molecule is Cc1ccc(S(=O)(=O)N2CCCC(Cn3c(C4CC4)nc4cccnc43)C2)cc1. The number of rotatable bonds is 5. The van der Waals surface area contributed by atoms with Crippen LogP contribution in [0.5, 0.6) is 0 Å². The van der Waals surface area contributed by atoms with E-state index in [0.29, 0.717) is 23.9 Å². The van der Waals surface area contributed by atoms with Crippen molar-refractivity contribution in [2.75, 3.05) is 13.1 Å². The second-order valence-electron chi connectivity index (χ2n) is 8.39. The smallest absolute Gasteiger partial charge is 0.243 e. The summed E-state index contributed by atoms with van der Waals surface area (Å²) in [6, 6.07) is 11.1. The molecule has 1 atom stereocenters. The summed E-state index contributed by atoms with van der Waals surface area (Å²) in [4.78, 5) is 9.79. The highest BCUT2D eigenvalue weighted by Crippen LogP contribution is 2.41. The number of piperidine rings is 1. The van der Waals surface area contributed by atoms with Crippen LogP contribution in [-0.4, -0.2) is 40.3 Å². The zero-order valence-corrected chi connectivity index (χ0v) is 17.5. The van der Waals surface area contributed by atoms with Crippen LogP contribution in [0.25, 0.3) is 11.2 Å². The Kier molecular flexibility index (Phi) is 4.67. The monoisotopic (exact) mass is 410 g/mol. The predicted molar refractivity (Wildman–Crippen MR) is 112 cm³/mol. The van der Waals surface area contributed by atoms with Gasteiger partial charge in [0.05, 0.1) is 4.90 Å². The molecule has 6 nitrogen and oxygen atoms in total. The molecule has 0 radical (unpaired) electrons. The second-order valence-corrected chi connectivity index (χ2v) is 10.3. The summed E-state index contributed by atoms with van der Waals surface area (Å²) in [5, 5.41) is 0. The summed E-state index contributed by atoms with van der Waals surface area (Å²) in [5.74, 6) is 1.92. The molecule has 1 saturated heterocycles. The minimum atomic E-state index is -3.45. The maximum Gasteiger partial charge on any atom is 0.243 e. The number of hydrogen-bond donors (Lipinski definition) is 0. The molecule has 2 aliphatic rings. The minimum absolute atomic E-state index is 0.265. The molecule has 7 heteroatoms. The van der Waals surface area contributed by atoms with Crippen LogP contribution in [0.3, 0.4) is 0 Å². The van der Waals surface area contributed by atoms with E-state index in [9.17, 15) is 8.42 Å². The van der Waals surface area contributed by atoms with Crippen molar-refractivity contribution in [2.45, 2.75) is 50.0 Å². The van der Waals surface area contributed by atoms with Gasteiger partial charge in [-0.05, 0) is 62.8 Å². The quantitative estimate of drug-likeness (QED) is 0.643. The van der Waals surface area contributed by atoms with Gasteiger partial charge in [0, 0.05) is 31.7 Å². The first-order valence-electron chi connectivity index (χ1n) is 10.4. The highest BCUT2D eigenvalue weighted by molar-refractivity contribution is 7.89. The molecular weight excluding hydrogens is 384 g/mol. The molecule has 1 aliphatic carbocycles. The molecule has 1 saturated carbocycles. The van der Waals surface area contributed by atoms with Crippen molar-refractivity contribution in [3.8, 4) is 0 Å². The average Bonchev–Trinajstić information content (AvgIpc) is 3.51. The Morgan fingerprint density at radius 3 is 2.66 bits per heavy atom. The van der Waals surface area contributed by atoms with Crippen LogP contribution >= 0.6 is 0 Å². The van der Waals surface area contributed by atoms with E-state index >= 15 is 0 Å². The third kappa shape index (κ3) is 3.57. The third-order valence-electron chi connectivity index (χ3n) is 6.06. The molecular formula is C22H26N4O2S. The van der Waals surface area contributed by atoms with Crippen molar-refractivity contribution in [1.29, 1.82) is 0 Å². The first kappa shape index (κ1) is 18.8. The molecule has 1 unspecified atom stereocenters. The highest BCUT2D eigenvalue weighted by Gasteiger charge is 2.33. The van der Waals surface area contributed by atoms with Gasteiger partial charge in [-0.15, -0.1) is 0 Å². The van der Waals surface area contributed by atoms with E-state index < -0.39 is 10.0 Å². The number of pyridine rings is 1. The number of hydrogen-bond acceptors (Lipinski definition) is 4. The van der Waals surface area contributed by atoms with Gasteiger partial charge in [0.1, 0.15) is 11.3 Å². The van der Waals surface area contributed by atoms with Crippen molar-refractivity contribution in [3.63, 3.8) is 0 Å². The topological polar surface area (TPSA) is 68.1 Å². The number of benzene rings is 1. The number of imidazole rings is 1. The van der Waals surface area contributed by atoms with E-state index in [0.717, 1.165) is 41.9 Å². The Bertz CT molecular complexity index is 1130. The fourth-order valence-corrected chi connectivity index (χ4v) is 5.88. The van der Waals surface area contributed by atoms with E-state index in [4.69, 9.17) is 4.98 Å². The average molecular weight is 411 g/mol. The van der Waals surface area contributed by atoms with Gasteiger partial charge in [0.15, 0.2) is 5.65 Å². The normalized spacial score (nSPS) is 20.9. The number of sulfonamides is 1. The van der Waals surface area contributed by atoms with Gasteiger partial charge >= 0.3 is 0 Å². The van der Waals surface area contributed by atoms with Crippen molar-refractivity contribution < 1.29 is 8.42 Å². The molecule has 3 heterocycles. The van der Waals surface area contributed by atoms with E-state index in [1.165, 1.54) is 12.8 Å². The van der Waals surface area contributed by atoms with Gasteiger partial charge in [-0.3, -0.25) is 0 Å². The molecule has 0 spiro atoms. The fourth-order valence-electron chi connectivity index (χ4n) is 4.32. The zero-order chi connectivity index (χ0) is 20.0. The molecule has 0 amide bonds. The molecule has 1 aromatic carbocycles. The van der Waals surface area contributed by atoms with Crippen molar-refractivity contribution in [3.05, 3.63) is 54.0 Å². The minimum Gasteiger partial charge on any atom is -0.312 e. The van der Waals surface area contributed by atoms with Crippen molar-refractivity contribution >= 4 is 21.2 Å². The number of fused-ring (bicyclic) bond motifs is 1. The summed E-state index contributed by atoms with van der Waals surface area (Å²) in [5.41, 5.74) is 2.93. The highest BCUT2D eigenvalue weighted by atomic mass is 32.2. The third-order valence-corrected chi connectivity index (χ3v) is 7.94. The van der Waals surface area contributed by atoms with Crippen LogP contribution in [0.1, 0.15) is 43.0 Å². The summed E-state index contributed by atoms with van der Waals surface area (Å²) >= 11 is 0. The molecule has 29 heavy (non-hydrogen) atoms. The van der Waals surface area contributed by atoms with Crippen molar-refractivity contribution in [2.24, 2.45) is 5.92 Å². The largest absolute Gasteiger partial charge is 0.312 e. The van der Waals surface area contributed by atoms with Crippen LogP contribution in [0.4, 0.5) is 0 Å². The van der Waals surface area contributed by atoms with Gasteiger partial charge in [-0.25, -0.2) is 18.4 Å². The van der Waals surface area contributed by atoms with Crippen LogP contribution in [-0.2, 0) is 16.6 Å². The van der Waals surface area contributed by atoms with E-state index in [2.05, 4.69) is 9.55 Å². The Balaban J connectivity index is 1.40. The Hall–Kier alpha value is -2.25. The summed E-state index contributed by atoms with van der Waals surface area (Å²) in [6.07, 6.45) is 6.08. The number of nitrogens with zero attached hydrogens (tertiary/aromatic N) is 4. The van der Waals surface area contributed by atoms with Gasteiger partial charge in [0.2, 0.25) is 10.0 Å². The maximum absolute atomic E-state index is 13.1. The summed E-state index contributed by atoms with van der Waals surface area (Å²) < 4.78 is 30.2. The first-order valence-corrected chi connectivity index (χ1v) is 11.8. The maximum atomic E-state index is 13.1. The molecule has 0 N–H and O–H groups in total. The Morgan fingerprint density at radius 1 is 1.10 bits per heavy atom. The van der Waals surface area contributed by atoms with Crippen LogP contribution in [0, 0.1) is 12.8 Å². The Labute approximate surface area is 171 Å². The van der Waals surface area contributed by atoms with E-state index in [1.54, 1.807) is 16.4 Å². The molecule has 2 fully saturated rings. The molecule has 152 valence electrons. The lowest BCUT2D eigenvalue weighted by molar-refractivity contribution is 0.245.